The van der Waals surface area contributed by atoms with Gasteiger partial charge in [-0.2, -0.15) is 0 Å². The fourth-order valence-electron chi connectivity index (χ4n) is 2.61. The summed E-state index contributed by atoms with van der Waals surface area (Å²) in [6.45, 7) is 0.821. The van der Waals surface area contributed by atoms with Crippen LogP contribution in [0.1, 0.15) is 27.6 Å². The van der Waals surface area contributed by atoms with Crippen LogP contribution in [0.5, 0.6) is 0 Å². The Morgan fingerprint density at radius 2 is 1.70 bits per heavy atom. The van der Waals surface area contributed by atoms with E-state index in [0.29, 0.717) is 10.7 Å². The Morgan fingerprint density at radius 3 is 2.30 bits per heavy atom. The first-order chi connectivity index (χ1) is 12.9. The van der Waals surface area contributed by atoms with Gasteiger partial charge < -0.3 is 10.1 Å². The van der Waals surface area contributed by atoms with Gasteiger partial charge in [-0.05, 0) is 37.3 Å². The molecule has 2 aromatic carbocycles. The average molecular weight is 387 g/mol. The lowest BCUT2D eigenvalue weighted by atomic mass is 10.1. The number of nitrogens with one attached hydrogen (secondary N) is 1. The van der Waals surface area contributed by atoms with Crippen molar-refractivity contribution in [2.45, 2.75) is 13.0 Å². The molecule has 1 aliphatic heterocycles. The van der Waals surface area contributed by atoms with Crippen molar-refractivity contribution in [2.24, 2.45) is 0 Å². The predicted octanol–water partition coefficient (Wildman–Crippen LogP) is 2.51. The van der Waals surface area contributed by atoms with E-state index in [9.17, 15) is 19.2 Å². The molecule has 1 N–H and O–H groups in total. The maximum Gasteiger partial charge on any atom is 0.326 e. The number of carbonyl (C=O) groups excluding carboxylic acids is 4. The molecule has 3 rings (SSSR count). The van der Waals surface area contributed by atoms with Crippen molar-refractivity contribution in [1.29, 1.82) is 0 Å². The lowest BCUT2D eigenvalue weighted by Crippen LogP contribution is -2.38. The van der Waals surface area contributed by atoms with Crippen LogP contribution in [0.25, 0.3) is 0 Å². The van der Waals surface area contributed by atoms with E-state index in [1.807, 2.05) is 0 Å². The van der Waals surface area contributed by atoms with E-state index in [1.54, 1.807) is 36.4 Å². The van der Waals surface area contributed by atoms with E-state index < -0.39 is 36.3 Å². The van der Waals surface area contributed by atoms with Gasteiger partial charge in [0.1, 0.15) is 6.54 Å². The van der Waals surface area contributed by atoms with Crippen LogP contribution in [0, 0.1) is 0 Å². The highest BCUT2D eigenvalue weighted by Gasteiger charge is 2.37. The van der Waals surface area contributed by atoms with Gasteiger partial charge in [-0.1, -0.05) is 29.8 Å². The Labute approximate surface area is 159 Å². The number of esters is 1. The third kappa shape index (κ3) is 3.98. The van der Waals surface area contributed by atoms with Crippen LogP contribution in [0.4, 0.5) is 5.69 Å². The topological polar surface area (TPSA) is 92.8 Å². The zero-order valence-electron chi connectivity index (χ0n) is 14.3. The van der Waals surface area contributed by atoms with E-state index in [1.165, 1.54) is 19.1 Å². The van der Waals surface area contributed by atoms with Crippen molar-refractivity contribution in [3.05, 3.63) is 64.7 Å². The fourth-order valence-corrected chi connectivity index (χ4v) is 2.80. The van der Waals surface area contributed by atoms with Gasteiger partial charge in [0.15, 0.2) is 6.10 Å². The fraction of sp³-hybridized carbons (Fsp3) is 0.158. The van der Waals surface area contributed by atoms with Crippen LogP contribution in [0.2, 0.25) is 5.02 Å². The standard InChI is InChI=1S/C19H15ClN2O5/c1-11(17(24)21-13-6-4-5-12(20)9-13)27-16(23)10-22-18(25)14-7-2-3-8-15(14)19(22)26/h2-9,11H,10H2,1H3,(H,21,24)/t11-/m1/s1. The molecule has 3 amide bonds. The van der Waals surface area contributed by atoms with Crippen LogP contribution >= 0.6 is 11.6 Å². The zero-order chi connectivity index (χ0) is 19.6. The molecule has 138 valence electrons. The molecule has 0 aliphatic carbocycles. The molecule has 27 heavy (non-hydrogen) atoms. The van der Waals surface area contributed by atoms with E-state index >= 15 is 0 Å². The van der Waals surface area contributed by atoms with Crippen molar-refractivity contribution in [2.75, 3.05) is 11.9 Å². The highest BCUT2D eigenvalue weighted by molar-refractivity contribution is 6.30. The first-order valence-corrected chi connectivity index (χ1v) is 8.46. The second-order valence-electron chi connectivity index (χ2n) is 5.87. The molecule has 0 radical (unpaired) electrons. The molecular formula is C19H15ClN2O5. The SMILES string of the molecule is C[C@@H](OC(=O)CN1C(=O)c2ccccc2C1=O)C(=O)Nc1cccc(Cl)c1. The van der Waals surface area contributed by atoms with Crippen LogP contribution in [-0.2, 0) is 14.3 Å². The van der Waals surface area contributed by atoms with Gasteiger partial charge in [0.2, 0.25) is 0 Å². The van der Waals surface area contributed by atoms with Crippen molar-refractivity contribution in [1.82, 2.24) is 4.90 Å². The van der Waals surface area contributed by atoms with Crippen molar-refractivity contribution in [3.63, 3.8) is 0 Å². The summed E-state index contributed by atoms with van der Waals surface area (Å²) >= 11 is 5.85. The molecule has 0 aromatic heterocycles. The molecule has 0 bridgehead atoms. The molecule has 0 fully saturated rings. The van der Waals surface area contributed by atoms with Gasteiger partial charge in [-0.15, -0.1) is 0 Å². The van der Waals surface area contributed by atoms with Crippen LogP contribution < -0.4 is 5.32 Å². The summed E-state index contributed by atoms with van der Waals surface area (Å²) in [5, 5.41) is 3.01. The summed E-state index contributed by atoms with van der Waals surface area (Å²) in [7, 11) is 0. The largest absolute Gasteiger partial charge is 0.451 e. The molecule has 7 nitrogen and oxygen atoms in total. The van der Waals surface area contributed by atoms with Crippen molar-refractivity contribution >= 4 is 41.0 Å². The Hall–Kier alpha value is -3.19. The average Bonchev–Trinajstić information content (AvgIpc) is 2.87. The first-order valence-electron chi connectivity index (χ1n) is 8.08. The van der Waals surface area contributed by atoms with Crippen molar-refractivity contribution in [3.8, 4) is 0 Å². The van der Waals surface area contributed by atoms with E-state index in [2.05, 4.69) is 5.32 Å². The van der Waals surface area contributed by atoms with Crippen molar-refractivity contribution < 1.29 is 23.9 Å². The number of amides is 3. The molecule has 1 atom stereocenters. The quantitative estimate of drug-likeness (QED) is 0.629. The van der Waals surface area contributed by atoms with Gasteiger partial charge >= 0.3 is 5.97 Å². The highest BCUT2D eigenvalue weighted by Crippen LogP contribution is 2.22. The number of fused-ring (bicyclic) bond motifs is 1. The minimum atomic E-state index is -1.12. The Kier molecular flexibility index (Phi) is 5.23. The Morgan fingerprint density at radius 1 is 1.07 bits per heavy atom. The van der Waals surface area contributed by atoms with Crippen LogP contribution in [0.15, 0.2) is 48.5 Å². The van der Waals surface area contributed by atoms with Crippen LogP contribution in [-0.4, -0.2) is 41.2 Å². The number of rotatable bonds is 5. The summed E-state index contributed by atoms with van der Waals surface area (Å²) in [5.74, 6) is -2.56. The smallest absolute Gasteiger partial charge is 0.326 e. The number of halogens is 1. The summed E-state index contributed by atoms with van der Waals surface area (Å²) in [6.07, 6.45) is -1.12. The van der Waals surface area contributed by atoms with Gasteiger partial charge in [-0.3, -0.25) is 24.1 Å². The van der Waals surface area contributed by atoms with E-state index in [-0.39, 0.29) is 11.1 Å². The third-order valence-corrected chi connectivity index (χ3v) is 4.17. The minimum Gasteiger partial charge on any atom is -0.451 e. The second kappa shape index (κ2) is 7.59. The molecule has 0 saturated heterocycles. The zero-order valence-corrected chi connectivity index (χ0v) is 15.0. The maximum absolute atomic E-state index is 12.2. The summed E-state index contributed by atoms with van der Waals surface area (Å²) < 4.78 is 5.04. The monoisotopic (exact) mass is 386 g/mol. The molecule has 0 unspecified atom stereocenters. The molecular weight excluding hydrogens is 372 g/mol. The second-order valence-corrected chi connectivity index (χ2v) is 6.31. The summed E-state index contributed by atoms with van der Waals surface area (Å²) in [6, 6.07) is 12.8. The van der Waals surface area contributed by atoms with Gasteiger partial charge in [-0.25, -0.2) is 0 Å². The molecule has 0 saturated carbocycles. The predicted molar refractivity (Wildman–Crippen MR) is 97.4 cm³/mol. The Balaban J connectivity index is 1.58. The number of ether oxygens (including phenoxy) is 1. The maximum atomic E-state index is 12.2. The Bertz CT molecular complexity index is 908. The lowest BCUT2D eigenvalue weighted by molar-refractivity contribution is -0.153. The molecule has 0 spiro atoms. The number of benzene rings is 2. The number of imide groups is 1. The van der Waals surface area contributed by atoms with Gasteiger partial charge in [0, 0.05) is 10.7 Å². The van der Waals surface area contributed by atoms with Gasteiger partial charge in [0.25, 0.3) is 17.7 Å². The summed E-state index contributed by atoms with van der Waals surface area (Å²) in [4.78, 5) is 49.5. The summed E-state index contributed by atoms with van der Waals surface area (Å²) in [5.41, 5.74) is 0.930. The third-order valence-electron chi connectivity index (χ3n) is 3.94. The first kappa shape index (κ1) is 18.6. The number of nitrogens with zero attached hydrogens (tertiary/aromatic N) is 1. The number of carbonyl (C=O) groups is 4. The number of anilines is 1. The van der Waals surface area contributed by atoms with E-state index in [4.69, 9.17) is 16.3 Å². The number of hydrogen-bond acceptors (Lipinski definition) is 5. The molecule has 8 heteroatoms. The number of hydrogen-bond donors (Lipinski definition) is 1. The van der Waals surface area contributed by atoms with E-state index in [0.717, 1.165) is 4.90 Å². The molecule has 2 aromatic rings. The highest BCUT2D eigenvalue weighted by atomic mass is 35.5. The van der Waals surface area contributed by atoms with Crippen LogP contribution in [0.3, 0.4) is 0 Å². The lowest BCUT2D eigenvalue weighted by Gasteiger charge is -2.16. The normalized spacial score (nSPS) is 13.9. The van der Waals surface area contributed by atoms with Gasteiger partial charge in [0.05, 0.1) is 11.1 Å². The molecule has 1 heterocycles. The minimum absolute atomic E-state index is 0.238. The molecule has 1 aliphatic rings.